The van der Waals surface area contributed by atoms with Crippen LogP contribution in [0.1, 0.15) is 18.4 Å². The number of nitrogens with zero attached hydrogens (tertiary/aromatic N) is 2. The molecular formula is C17H16BrFN2O4S. The van der Waals surface area contributed by atoms with Gasteiger partial charge in [-0.2, -0.15) is 4.31 Å². The van der Waals surface area contributed by atoms with Gasteiger partial charge in [-0.15, -0.1) is 0 Å². The number of halogens is 2. The Bertz CT molecular complexity index is 930. The summed E-state index contributed by atoms with van der Waals surface area (Å²) in [7, 11) is -4.08. The minimum absolute atomic E-state index is 0.0341. The molecule has 26 heavy (non-hydrogen) atoms. The standard InChI is InChI=1S/C17H16BrFN2O4S/c18-14-5-8-17(16(9-14)21(22)23)26(24,25)20(10-12-1-2-12)11-13-3-6-15(19)7-4-13/h3-9,12H,1-2,10-11H2. The molecule has 1 saturated carbocycles. The Labute approximate surface area is 159 Å². The average Bonchev–Trinajstić information content (AvgIpc) is 3.40. The van der Waals surface area contributed by atoms with Crippen LogP contribution in [0.2, 0.25) is 0 Å². The van der Waals surface area contributed by atoms with Crippen molar-refractivity contribution in [2.75, 3.05) is 6.54 Å². The molecule has 2 aromatic carbocycles. The average molecular weight is 443 g/mol. The molecule has 0 radical (unpaired) electrons. The van der Waals surface area contributed by atoms with Gasteiger partial charge in [0.1, 0.15) is 5.82 Å². The highest BCUT2D eigenvalue weighted by atomic mass is 79.9. The Morgan fingerprint density at radius 3 is 2.42 bits per heavy atom. The Hall–Kier alpha value is -1.84. The molecule has 0 unspecified atom stereocenters. The minimum atomic E-state index is -4.08. The van der Waals surface area contributed by atoms with Crippen molar-refractivity contribution in [2.45, 2.75) is 24.3 Å². The van der Waals surface area contributed by atoms with Gasteiger partial charge in [0, 0.05) is 23.6 Å². The van der Waals surface area contributed by atoms with Gasteiger partial charge in [-0.05, 0) is 48.6 Å². The van der Waals surface area contributed by atoms with E-state index in [-0.39, 0.29) is 23.9 Å². The molecule has 0 aliphatic heterocycles. The Morgan fingerprint density at radius 2 is 1.85 bits per heavy atom. The molecule has 1 aliphatic rings. The predicted octanol–water partition coefficient (Wildman–Crippen LogP) is 4.10. The summed E-state index contributed by atoms with van der Waals surface area (Å²) in [6.07, 6.45) is 1.86. The molecule has 0 bridgehead atoms. The molecule has 0 heterocycles. The van der Waals surface area contributed by atoms with E-state index in [1.807, 2.05) is 0 Å². The maximum absolute atomic E-state index is 13.1. The monoisotopic (exact) mass is 442 g/mol. The van der Waals surface area contributed by atoms with Gasteiger partial charge < -0.3 is 0 Å². The second-order valence-electron chi connectivity index (χ2n) is 6.24. The molecule has 6 nitrogen and oxygen atoms in total. The molecule has 0 atom stereocenters. The number of hydrogen-bond donors (Lipinski definition) is 0. The zero-order valence-electron chi connectivity index (χ0n) is 13.6. The van der Waals surface area contributed by atoms with Crippen LogP contribution in [0.4, 0.5) is 10.1 Å². The highest BCUT2D eigenvalue weighted by molar-refractivity contribution is 9.10. The topological polar surface area (TPSA) is 80.5 Å². The fourth-order valence-electron chi connectivity index (χ4n) is 2.62. The highest BCUT2D eigenvalue weighted by Crippen LogP contribution is 2.35. The van der Waals surface area contributed by atoms with Crippen LogP contribution in [0.25, 0.3) is 0 Å². The molecule has 0 N–H and O–H groups in total. The molecule has 0 amide bonds. The highest BCUT2D eigenvalue weighted by Gasteiger charge is 2.35. The van der Waals surface area contributed by atoms with Gasteiger partial charge in [0.25, 0.3) is 5.69 Å². The summed E-state index contributed by atoms with van der Waals surface area (Å²) in [6.45, 7) is 0.319. The summed E-state index contributed by atoms with van der Waals surface area (Å²) < 4.78 is 41.1. The Balaban J connectivity index is 1.99. The summed E-state index contributed by atoms with van der Waals surface area (Å²) in [5.74, 6) is -0.159. The van der Waals surface area contributed by atoms with Crippen LogP contribution >= 0.6 is 15.9 Å². The predicted molar refractivity (Wildman–Crippen MR) is 97.5 cm³/mol. The van der Waals surface area contributed by atoms with E-state index >= 15 is 0 Å². The lowest BCUT2D eigenvalue weighted by Crippen LogP contribution is -2.33. The van der Waals surface area contributed by atoms with E-state index in [9.17, 15) is 22.9 Å². The van der Waals surface area contributed by atoms with Gasteiger partial charge in [0.05, 0.1) is 4.92 Å². The quantitative estimate of drug-likeness (QED) is 0.477. The first-order chi connectivity index (χ1) is 12.3. The zero-order valence-corrected chi connectivity index (χ0v) is 16.0. The smallest absolute Gasteiger partial charge is 0.258 e. The number of nitro groups is 1. The van der Waals surface area contributed by atoms with Crippen LogP contribution in [0.3, 0.4) is 0 Å². The van der Waals surface area contributed by atoms with Crippen molar-refractivity contribution in [3.63, 3.8) is 0 Å². The maximum Gasteiger partial charge on any atom is 0.290 e. The van der Waals surface area contributed by atoms with Crippen molar-refractivity contribution < 1.29 is 17.7 Å². The molecule has 1 fully saturated rings. The lowest BCUT2D eigenvalue weighted by molar-refractivity contribution is -0.387. The molecule has 138 valence electrons. The van der Waals surface area contributed by atoms with Gasteiger partial charge in [0.2, 0.25) is 10.0 Å². The van der Waals surface area contributed by atoms with Crippen LogP contribution in [-0.2, 0) is 16.6 Å². The van der Waals surface area contributed by atoms with E-state index in [1.54, 1.807) is 0 Å². The minimum Gasteiger partial charge on any atom is -0.258 e. The van der Waals surface area contributed by atoms with E-state index in [4.69, 9.17) is 0 Å². The molecular weight excluding hydrogens is 427 g/mol. The van der Waals surface area contributed by atoms with Crippen LogP contribution in [0.15, 0.2) is 51.8 Å². The van der Waals surface area contributed by atoms with E-state index in [2.05, 4.69) is 15.9 Å². The van der Waals surface area contributed by atoms with Crippen LogP contribution in [-0.4, -0.2) is 24.2 Å². The second-order valence-corrected chi connectivity index (χ2v) is 9.06. The number of benzene rings is 2. The largest absolute Gasteiger partial charge is 0.290 e. The van der Waals surface area contributed by atoms with Crippen molar-refractivity contribution in [2.24, 2.45) is 5.92 Å². The first-order valence-electron chi connectivity index (χ1n) is 7.96. The summed E-state index contributed by atoms with van der Waals surface area (Å²) in [6, 6.07) is 9.44. The van der Waals surface area contributed by atoms with E-state index in [1.165, 1.54) is 46.8 Å². The number of hydrogen-bond acceptors (Lipinski definition) is 4. The third-order valence-corrected chi connectivity index (χ3v) is 6.52. The second kappa shape index (κ2) is 7.42. The number of sulfonamides is 1. The first-order valence-corrected chi connectivity index (χ1v) is 10.2. The van der Waals surface area contributed by atoms with Gasteiger partial charge in [-0.25, -0.2) is 12.8 Å². The van der Waals surface area contributed by atoms with E-state index < -0.39 is 26.5 Å². The third kappa shape index (κ3) is 4.28. The Morgan fingerprint density at radius 1 is 1.19 bits per heavy atom. The van der Waals surface area contributed by atoms with Crippen molar-refractivity contribution in [3.8, 4) is 0 Å². The Kier molecular flexibility index (Phi) is 5.40. The number of rotatable bonds is 7. The molecule has 3 rings (SSSR count). The molecule has 0 saturated heterocycles. The lowest BCUT2D eigenvalue weighted by atomic mass is 10.2. The zero-order chi connectivity index (χ0) is 18.9. The third-order valence-electron chi connectivity index (χ3n) is 4.17. The van der Waals surface area contributed by atoms with Gasteiger partial charge >= 0.3 is 0 Å². The van der Waals surface area contributed by atoms with Crippen LogP contribution in [0, 0.1) is 21.8 Å². The van der Waals surface area contributed by atoms with Crippen molar-refractivity contribution >= 4 is 31.6 Å². The fourth-order valence-corrected chi connectivity index (χ4v) is 4.61. The summed E-state index contributed by atoms with van der Waals surface area (Å²) >= 11 is 3.13. The first kappa shape index (κ1) is 18.9. The van der Waals surface area contributed by atoms with Gasteiger partial charge in [0.15, 0.2) is 4.90 Å². The fraction of sp³-hybridized carbons (Fsp3) is 0.294. The SMILES string of the molecule is O=[N+]([O-])c1cc(Br)ccc1S(=O)(=O)N(Cc1ccc(F)cc1)CC1CC1. The molecule has 2 aromatic rings. The van der Waals surface area contributed by atoms with Crippen molar-refractivity contribution in [3.05, 3.63) is 68.4 Å². The summed E-state index contributed by atoms with van der Waals surface area (Å²) in [4.78, 5) is 10.3. The van der Waals surface area contributed by atoms with E-state index in [0.717, 1.165) is 12.8 Å². The molecule has 0 spiro atoms. The summed E-state index contributed by atoms with van der Waals surface area (Å²) in [5, 5.41) is 11.3. The lowest BCUT2D eigenvalue weighted by Gasteiger charge is -2.22. The summed E-state index contributed by atoms with van der Waals surface area (Å²) in [5.41, 5.74) is 0.148. The van der Waals surface area contributed by atoms with E-state index in [0.29, 0.717) is 10.0 Å². The molecule has 9 heteroatoms. The van der Waals surface area contributed by atoms with Crippen LogP contribution < -0.4 is 0 Å². The van der Waals surface area contributed by atoms with Crippen LogP contribution in [0.5, 0.6) is 0 Å². The normalized spacial score (nSPS) is 14.6. The van der Waals surface area contributed by atoms with Crippen molar-refractivity contribution in [1.82, 2.24) is 4.31 Å². The number of nitro benzene ring substituents is 1. The maximum atomic E-state index is 13.1. The molecule has 0 aromatic heterocycles. The molecule has 1 aliphatic carbocycles. The van der Waals surface area contributed by atoms with Gasteiger partial charge in [-0.1, -0.05) is 28.1 Å². The van der Waals surface area contributed by atoms with Gasteiger partial charge in [-0.3, -0.25) is 10.1 Å². The van der Waals surface area contributed by atoms with Crippen molar-refractivity contribution in [1.29, 1.82) is 0 Å².